The molecular weight excluding hydrogens is 259 g/mol. The van der Waals surface area contributed by atoms with E-state index in [0.29, 0.717) is 21.4 Å². The van der Waals surface area contributed by atoms with Gasteiger partial charge in [0.25, 0.3) is 0 Å². The van der Waals surface area contributed by atoms with Gasteiger partial charge in [-0.2, -0.15) is 0 Å². The van der Waals surface area contributed by atoms with Gasteiger partial charge in [-0.3, -0.25) is 0 Å². The van der Waals surface area contributed by atoms with Crippen molar-refractivity contribution in [2.45, 2.75) is 0 Å². The van der Waals surface area contributed by atoms with E-state index in [1.54, 1.807) is 30.5 Å². The highest BCUT2D eigenvalue weighted by atomic mass is 79.9. The van der Waals surface area contributed by atoms with Crippen molar-refractivity contribution in [3.63, 3.8) is 0 Å². The first-order valence-corrected chi connectivity index (χ1v) is 5.14. The topological polar surface area (TPSA) is 38.9 Å². The normalized spacial score (nSPS) is 10.3. The lowest BCUT2D eigenvalue weighted by atomic mass is 10.1. The predicted molar refractivity (Wildman–Crippen MR) is 61.7 cm³/mol. The highest BCUT2D eigenvalue weighted by Crippen LogP contribution is 2.32. The Kier molecular flexibility index (Phi) is 2.68. The molecule has 0 saturated carbocycles. The molecule has 0 unspecified atom stereocenters. The largest absolute Gasteiger partial charge is 0.383 e. The van der Waals surface area contributed by atoms with E-state index < -0.39 is 0 Å². The average Bonchev–Trinajstić information content (AvgIpc) is 2.23. The van der Waals surface area contributed by atoms with Crippen LogP contribution in [0.5, 0.6) is 0 Å². The average molecular weight is 267 g/mol. The maximum Gasteiger partial charge on any atom is 0.138 e. The first kappa shape index (κ1) is 10.1. The number of nitrogen functional groups attached to an aromatic ring is 1. The van der Waals surface area contributed by atoms with Crippen molar-refractivity contribution in [3.8, 4) is 11.1 Å². The molecular formula is C11H8BrFN2. The molecule has 4 heteroatoms. The zero-order valence-electron chi connectivity index (χ0n) is 7.74. The summed E-state index contributed by atoms with van der Waals surface area (Å²) in [6, 6.07) is 8.27. The molecule has 0 spiro atoms. The number of nitrogens with zero attached hydrogens (tertiary/aromatic N) is 1. The summed E-state index contributed by atoms with van der Waals surface area (Å²) in [5.74, 6) is 0.0829. The highest BCUT2D eigenvalue weighted by Gasteiger charge is 2.09. The Morgan fingerprint density at radius 3 is 2.60 bits per heavy atom. The van der Waals surface area contributed by atoms with Crippen molar-refractivity contribution in [2.24, 2.45) is 0 Å². The number of aromatic nitrogens is 1. The molecule has 0 fully saturated rings. The SMILES string of the molecule is Nc1nccc(-c2ccccc2F)c1Br. The molecule has 2 nitrogen and oxygen atoms in total. The Morgan fingerprint density at radius 2 is 1.87 bits per heavy atom. The second-order valence-electron chi connectivity index (χ2n) is 3.04. The lowest BCUT2D eigenvalue weighted by Gasteiger charge is -2.06. The first-order valence-electron chi connectivity index (χ1n) is 4.35. The van der Waals surface area contributed by atoms with Crippen LogP contribution < -0.4 is 5.73 Å². The second kappa shape index (κ2) is 3.98. The van der Waals surface area contributed by atoms with Crippen LogP contribution in [0.2, 0.25) is 0 Å². The van der Waals surface area contributed by atoms with Crippen LogP contribution in [0.3, 0.4) is 0 Å². The number of anilines is 1. The summed E-state index contributed by atoms with van der Waals surface area (Å²) in [5.41, 5.74) is 6.85. The Morgan fingerprint density at radius 1 is 1.13 bits per heavy atom. The molecule has 0 aliphatic heterocycles. The second-order valence-corrected chi connectivity index (χ2v) is 3.83. The molecule has 1 aromatic heterocycles. The number of rotatable bonds is 1. The summed E-state index contributed by atoms with van der Waals surface area (Å²) >= 11 is 3.30. The fraction of sp³-hybridized carbons (Fsp3) is 0. The smallest absolute Gasteiger partial charge is 0.138 e. The molecule has 2 rings (SSSR count). The van der Waals surface area contributed by atoms with Gasteiger partial charge in [0.15, 0.2) is 0 Å². The van der Waals surface area contributed by atoms with E-state index >= 15 is 0 Å². The molecule has 2 aromatic rings. The fourth-order valence-corrected chi connectivity index (χ4v) is 1.80. The Labute approximate surface area is 95.1 Å². The van der Waals surface area contributed by atoms with Crippen LogP contribution in [0.4, 0.5) is 10.2 Å². The van der Waals surface area contributed by atoms with Gasteiger partial charge < -0.3 is 5.73 Å². The van der Waals surface area contributed by atoms with Crippen LogP contribution in [0.1, 0.15) is 0 Å². The monoisotopic (exact) mass is 266 g/mol. The summed E-state index contributed by atoms with van der Waals surface area (Å²) < 4.78 is 14.1. The molecule has 76 valence electrons. The third kappa shape index (κ3) is 1.85. The highest BCUT2D eigenvalue weighted by molar-refractivity contribution is 9.10. The van der Waals surface area contributed by atoms with Gasteiger partial charge in [-0.05, 0) is 28.1 Å². The van der Waals surface area contributed by atoms with Crippen LogP contribution in [0, 0.1) is 5.82 Å². The van der Waals surface area contributed by atoms with Gasteiger partial charge in [-0.15, -0.1) is 0 Å². The molecule has 15 heavy (non-hydrogen) atoms. The minimum atomic E-state index is -0.274. The summed E-state index contributed by atoms with van der Waals surface area (Å²) in [6.07, 6.45) is 1.56. The summed E-state index contributed by atoms with van der Waals surface area (Å²) in [7, 11) is 0. The Bertz CT molecular complexity index is 500. The zero-order valence-corrected chi connectivity index (χ0v) is 9.33. The van der Waals surface area contributed by atoms with Crippen LogP contribution in [-0.4, -0.2) is 4.98 Å². The zero-order chi connectivity index (χ0) is 10.8. The van der Waals surface area contributed by atoms with E-state index in [1.807, 2.05) is 0 Å². The van der Waals surface area contributed by atoms with Crippen molar-refractivity contribution in [3.05, 3.63) is 46.8 Å². The lowest BCUT2D eigenvalue weighted by Crippen LogP contribution is -1.93. The van der Waals surface area contributed by atoms with Crippen molar-refractivity contribution in [1.29, 1.82) is 0 Å². The molecule has 0 bridgehead atoms. The van der Waals surface area contributed by atoms with Crippen molar-refractivity contribution >= 4 is 21.7 Å². The lowest BCUT2D eigenvalue weighted by molar-refractivity contribution is 0.631. The number of benzene rings is 1. The van der Waals surface area contributed by atoms with Crippen molar-refractivity contribution in [1.82, 2.24) is 4.98 Å². The predicted octanol–water partition coefficient (Wildman–Crippen LogP) is 3.23. The van der Waals surface area contributed by atoms with Gasteiger partial charge in [-0.1, -0.05) is 18.2 Å². The van der Waals surface area contributed by atoms with E-state index in [1.165, 1.54) is 6.07 Å². The van der Waals surface area contributed by atoms with E-state index in [-0.39, 0.29) is 5.82 Å². The van der Waals surface area contributed by atoms with Crippen LogP contribution >= 0.6 is 15.9 Å². The van der Waals surface area contributed by atoms with Gasteiger partial charge in [0, 0.05) is 17.3 Å². The third-order valence-electron chi connectivity index (χ3n) is 2.08. The fourth-order valence-electron chi connectivity index (χ4n) is 1.35. The van der Waals surface area contributed by atoms with Crippen molar-refractivity contribution in [2.75, 3.05) is 5.73 Å². The molecule has 1 heterocycles. The quantitative estimate of drug-likeness (QED) is 0.861. The molecule has 0 aliphatic carbocycles. The standard InChI is InChI=1S/C11H8BrFN2/c12-10-8(5-6-15-11(10)14)7-3-1-2-4-9(7)13/h1-6H,(H2,14,15). The van der Waals surface area contributed by atoms with E-state index in [2.05, 4.69) is 20.9 Å². The van der Waals surface area contributed by atoms with Crippen LogP contribution in [0.15, 0.2) is 41.0 Å². The summed E-state index contributed by atoms with van der Waals surface area (Å²) in [5, 5.41) is 0. The number of nitrogens with two attached hydrogens (primary N) is 1. The van der Waals surface area contributed by atoms with E-state index in [0.717, 1.165) is 0 Å². The first-order chi connectivity index (χ1) is 7.20. The Balaban J connectivity index is 2.65. The van der Waals surface area contributed by atoms with Gasteiger partial charge in [0.1, 0.15) is 11.6 Å². The van der Waals surface area contributed by atoms with Gasteiger partial charge >= 0.3 is 0 Å². The molecule has 0 radical (unpaired) electrons. The summed E-state index contributed by atoms with van der Waals surface area (Å²) in [4.78, 5) is 3.90. The van der Waals surface area contributed by atoms with Gasteiger partial charge in [0.2, 0.25) is 0 Å². The van der Waals surface area contributed by atoms with Gasteiger partial charge in [0.05, 0.1) is 4.47 Å². The van der Waals surface area contributed by atoms with E-state index in [9.17, 15) is 4.39 Å². The van der Waals surface area contributed by atoms with Crippen molar-refractivity contribution < 1.29 is 4.39 Å². The molecule has 2 N–H and O–H groups in total. The number of hydrogen-bond acceptors (Lipinski definition) is 2. The minimum absolute atomic E-state index is 0.274. The number of hydrogen-bond donors (Lipinski definition) is 1. The molecule has 0 atom stereocenters. The molecule has 0 saturated heterocycles. The maximum atomic E-state index is 13.5. The van der Waals surface area contributed by atoms with Crippen LogP contribution in [0.25, 0.3) is 11.1 Å². The van der Waals surface area contributed by atoms with Gasteiger partial charge in [-0.25, -0.2) is 9.37 Å². The maximum absolute atomic E-state index is 13.5. The minimum Gasteiger partial charge on any atom is -0.383 e. The summed E-state index contributed by atoms with van der Waals surface area (Å²) in [6.45, 7) is 0. The molecule has 0 aliphatic rings. The Hall–Kier alpha value is -1.42. The molecule has 1 aromatic carbocycles. The third-order valence-corrected chi connectivity index (χ3v) is 2.91. The van der Waals surface area contributed by atoms with E-state index in [4.69, 9.17) is 5.73 Å². The van der Waals surface area contributed by atoms with Crippen LogP contribution in [-0.2, 0) is 0 Å². The number of pyridine rings is 1. The number of halogens is 2. The molecule has 0 amide bonds.